The molecule has 0 aliphatic rings. The third-order valence-corrected chi connectivity index (χ3v) is 4.85. The molecule has 11 heteroatoms. The first-order chi connectivity index (χ1) is 12.4. The number of carbonyl (C=O) groups is 1. The van der Waals surface area contributed by atoms with Gasteiger partial charge in [0, 0.05) is 32.2 Å². The van der Waals surface area contributed by atoms with E-state index in [2.05, 4.69) is 20.2 Å². The van der Waals surface area contributed by atoms with E-state index in [4.69, 9.17) is 4.74 Å². The Hall–Kier alpha value is -3.08. The highest BCUT2D eigenvalue weighted by molar-refractivity contribution is 7.92. The third-order valence-electron chi connectivity index (χ3n) is 3.56. The number of fused-ring (bicyclic) bond motifs is 1. The highest BCUT2D eigenvalue weighted by Gasteiger charge is 2.17. The monoisotopic (exact) mass is 378 g/mol. The molecule has 26 heavy (non-hydrogen) atoms. The molecular formula is C15H18N6O4S. The Balaban J connectivity index is 1.58. The van der Waals surface area contributed by atoms with Crippen LogP contribution in [0.1, 0.15) is 10.4 Å². The molecule has 3 rings (SSSR count). The average molecular weight is 378 g/mol. The van der Waals surface area contributed by atoms with Gasteiger partial charge in [-0.3, -0.25) is 14.2 Å². The van der Waals surface area contributed by atoms with Gasteiger partial charge < -0.3 is 10.1 Å². The summed E-state index contributed by atoms with van der Waals surface area (Å²) in [5, 5.41) is 10.6. The lowest BCUT2D eigenvalue weighted by Gasteiger charge is -2.09. The molecule has 0 aromatic carbocycles. The summed E-state index contributed by atoms with van der Waals surface area (Å²) < 4.78 is 34.9. The predicted octanol–water partition coefficient (Wildman–Crippen LogP) is 0.248. The van der Waals surface area contributed by atoms with Gasteiger partial charge in [0.2, 0.25) is 15.9 Å². The number of nitrogens with zero attached hydrogens (tertiary/aromatic N) is 4. The SMILES string of the molecule is COc1nn(C)cc1C(=O)NCCS(=O)(=O)Nc1ccn2nccc2c1. The molecule has 0 aliphatic heterocycles. The zero-order valence-corrected chi connectivity index (χ0v) is 15.0. The lowest BCUT2D eigenvalue weighted by molar-refractivity contribution is 0.0953. The molecule has 138 valence electrons. The largest absolute Gasteiger partial charge is 0.479 e. The maximum atomic E-state index is 12.2. The molecule has 2 N–H and O–H groups in total. The topological polar surface area (TPSA) is 120 Å². The number of aryl methyl sites for hydroxylation is 1. The molecule has 0 saturated heterocycles. The number of carbonyl (C=O) groups excluding carboxylic acids is 1. The van der Waals surface area contributed by atoms with Gasteiger partial charge in [0.15, 0.2) is 0 Å². The van der Waals surface area contributed by atoms with Crippen LogP contribution in [0.3, 0.4) is 0 Å². The van der Waals surface area contributed by atoms with Crippen LogP contribution in [-0.2, 0) is 17.1 Å². The van der Waals surface area contributed by atoms with E-state index in [0.29, 0.717) is 5.69 Å². The van der Waals surface area contributed by atoms with Crippen LogP contribution in [-0.4, -0.2) is 53.1 Å². The average Bonchev–Trinajstić information content (AvgIpc) is 3.19. The van der Waals surface area contributed by atoms with E-state index < -0.39 is 15.9 Å². The lowest BCUT2D eigenvalue weighted by atomic mass is 10.3. The van der Waals surface area contributed by atoms with Gasteiger partial charge in [0.25, 0.3) is 5.91 Å². The highest BCUT2D eigenvalue weighted by Crippen LogP contribution is 2.15. The van der Waals surface area contributed by atoms with Crippen molar-refractivity contribution in [3.63, 3.8) is 0 Å². The van der Waals surface area contributed by atoms with Crippen LogP contribution in [0.4, 0.5) is 5.69 Å². The van der Waals surface area contributed by atoms with Crippen molar-refractivity contribution >= 4 is 27.1 Å². The second-order valence-electron chi connectivity index (χ2n) is 5.52. The summed E-state index contributed by atoms with van der Waals surface area (Å²) in [4.78, 5) is 12.1. The molecule has 0 atom stereocenters. The van der Waals surface area contributed by atoms with Crippen molar-refractivity contribution in [1.82, 2.24) is 24.7 Å². The van der Waals surface area contributed by atoms with Gasteiger partial charge >= 0.3 is 0 Å². The van der Waals surface area contributed by atoms with E-state index in [1.807, 2.05) is 0 Å². The fourth-order valence-electron chi connectivity index (χ4n) is 2.38. The molecule has 0 fully saturated rings. The molecule has 3 aromatic rings. The van der Waals surface area contributed by atoms with Crippen molar-refractivity contribution in [2.75, 3.05) is 24.1 Å². The zero-order valence-electron chi connectivity index (χ0n) is 14.2. The zero-order chi connectivity index (χ0) is 18.7. The first-order valence-electron chi connectivity index (χ1n) is 7.68. The normalized spacial score (nSPS) is 11.5. The van der Waals surface area contributed by atoms with Crippen molar-refractivity contribution in [3.8, 4) is 5.88 Å². The molecule has 3 aromatic heterocycles. The smallest absolute Gasteiger partial charge is 0.258 e. The summed E-state index contributed by atoms with van der Waals surface area (Å²) >= 11 is 0. The van der Waals surface area contributed by atoms with Crippen molar-refractivity contribution in [1.29, 1.82) is 0 Å². The predicted molar refractivity (Wildman–Crippen MR) is 94.7 cm³/mol. The number of amides is 1. The van der Waals surface area contributed by atoms with E-state index in [1.165, 1.54) is 18.0 Å². The Bertz CT molecular complexity index is 1040. The summed E-state index contributed by atoms with van der Waals surface area (Å²) in [7, 11) is -0.556. The Morgan fingerprint density at radius 1 is 1.35 bits per heavy atom. The number of hydrogen-bond acceptors (Lipinski definition) is 6. The van der Waals surface area contributed by atoms with E-state index in [1.54, 1.807) is 42.2 Å². The molecule has 0 radical (unpaired) electrons. The van der Waals surface area contributed by atoms with Crippen molar-refractivity contribution in [2.45, 2.75) is 0 Å². The van der Waals surface area contributed by atoms with E-state index in [-0.39, 0.29) is 23.7 Å². The minimum atomic E-state index is -3.62. The van der Waals surface area contributed by atoms with Gasteiger partial charge in [-0.15, -0.1) is 5.10 Å². The molecule has 0 aliphatic carbocycles. The van der Waals surface area contributed by atoms with Gasteiger partial charge in [-0.05, 0) is 18.2 Å². The minimum Gasteiger partial charge on any atom is -0.479 e. The summed E-state index contributed by atoms with van der Waals surface area (Å²) in [6.45, 7) is -0.0544. The molecule has 0 unspecified atom stereocenters. The third kappa shape index (κ3) is 3.94. The summed E-state index contributed by atoms with van der Waals surface area (Å²) in [6.07, 6.45) is 4.78. The van der Waals surface area contributed by atoms with Gasteiger partial charge in [0.05, 0.1) is 24.1 Å². The van der Waals surface area contributed by atoms with Crippen LogP contribution in [0.5, 0.6) is 5.88 Å². The molecular weight excluding hydrogens is 360 g/mol. The second-order valence-corrected chi connectivity index (χ2v) is 7.36. The van der Waals surface area contributed by atoms with Crippen LogP contribution >= 0.6 is 0 Å². The van der Waals surface area contributed by atoms with Gasteiger partial charge in [0.1, 0.15) is 5.56 Å². The summed E-state index contributed by atoms with van der Waals surface area (Å²) in [5.74, 6) is -0.544. The minimum absolute atomic E-state index is 0.0544. The maximum Gasteiger partial charge on any atom is 0.258 e. The maximum absolute atomic E-state index is 12.2. The first-order valence-corrected chi connectivity index (χ1v) is 9.33. The lowest BCUT2D eigenvalue weighted by Crippen LogP contribution is -2.31. The van der Waals surface area contributed by atoms with Crippen LogP contribution in [0.15, 0.2) is 36.8 Å². The van der Waals surface area contributed by atoms with E-state index in [0.717, 1.165) is 5.52 Å². The Morgan fingerprint density at radius 2 is 2.15 bits per heavy atom. The standard InChI is InChI=1S/C15H18N6O4S/c1-20-10-13(15(18-20)25-2)14(22)16-6-8-26(23,24)19-11-4-7-21-12(9-11)3-5-17-21/h3-5,7,9-10,19H,6,8H2,1-2H3,(H,16,22). The second kappa shape index (κ2) is 7.04. The fraction of sp³-hybridized carbons (Fsp3) is 0.267. The number of aromatic nitrogens is 4. The van der Waals surface area contributed by atoms with E-state index in [9.17, 15) is 13.2 Å². The summed E-state index contributed by atoms with van der Waals surface area (Å²) in [6, 6.07) is 5.04. The first kappa shape index (κ1) is 17.7. The Kier molecular flexibility index (Phi) is 4.80. The molecule has 0 bridgehead atoms. The van der Waals surface area contributed by atoms with Crippen LogP contribution < -0.4 is 14.8 Å². The Morgan fingerprint density at radius 3 is 2.92 bits per heavy atom. The molecule has 0 spiro atoms. The van der Waals surface area contributed by atoms with Crippen molar-refractivity contribution < 1.29 is 17.9 Å². The highest BCUT2D eigenvalue weighted by atomic mass is 32.2. The number of ether oxygens (including phenoxy) is 1. The van der Waals surface area contributed by atoms with Crippen molar-refractivity contribution in [2.24, 2.45) is 7.05 Å². The van der Waals surface area contributed by atoms with Crippen LogP contribution in [0, 0.1) is 0 Å². The molecule has 0 saturated carbocycles. The molecule has 1 amide bonds. The van der Waals surface area contributed by atoms with Crippen LogP contribution in [0.25, 0.3) is 5.52 Å². The van der Waals surface area contributed by atoms with Gasteiger partial charge in [-0.2, -0.15) is 5.10 Å². The number of nitrogens with one attached hydrogen (secondary N) is 2. The number of rotatable bonds is 7. The van der Waals surface area contributed by atoms with Crippen molar-refractivity contribution in [3.05, 3.63) is 42.4 Å². The van der Waals surface area contributed by atoms with Crippen LogP contribution in [0.2, 0.25) is 0 Å². The number of sulfonamides is 1. The Labute approximate surface area is 149 Å². The number of hydrogen-bond donors (Lipinski definition) is 2. The molecule has 3 heterocycles. The fourth-order valence-corrected chi connectivity index (χ4v) is 3.34. The number of methoxy groups -OCH3 is 1. The number of pyridine rings is 1. The van der Waals surface area contributed by atoms with Gasteiger partial charge in [-0.1, -0.05) is 0 Å². The quantitative estimate of drug-likeness (QED) is 0.608. The van der Waals surface area contributed by atoms with Gasteiger partial charge in [-0.25, -0.2) is 12.9 Å². The van der Waals surface area contributed by atoms with E-state index >= 15 is 0 Å². The number of anilines is 1. The molecule has 10 nitrogen and oxygen atoms in total. The summed E-state index contributed by atoms with van der Waals surface area (Å²) in [5.41, 5.74) is 1.44.